The van der Waals surface area contributed by atoms with E-state index in [0.29, 0.717) is 39.2 Å². The summed E-state index contributed by atoms with van der Waals surface area (Å²) < 4.78 is 30.5. The molecule has 2 saturated heterocycles. The molecule has 0 saturated carbocycles. The molecule has 1 amide bonds. The molecule has 216 valence electrons. The number of amides is 1. The molecule has 2 aliphatic heterocycles. The van der Waals surface area contributed by atoms with Crippen LogP contribution in [0.15, 0.2) is 60.7 Å². The maximum atomic E-state index is 14.1. The topological polar surface area (TPSA) is 62.3 Å². The number of ether oxygens (including phenoxy) is 2. The fourth-order valence-electron chi connectivity index (χ4n) is 5.87. The summed E-state index contributed by atoms with van der Waals surface area (Å²) in [7, 11) is 11.1. The van der Waals surface area contributed by atoms with Gasteiger partial charge < -0.3 is 18.9 Å². The van der Waals surface area contributed by atoms with Gasteiger partial charge in [-0.3, -0.25) is 9.36 Å². The first-order valence-corrected chi connectivity index (χ1v) is 16.1. The molecule has 3 atom stereocenters. The smallest absolute Gasteiger partial charge is 0.241 e. The van der Waals surface area contributed by atoms with E-state index < -0.39 is 7.44 Å². The van der Waals surface area contributed by atoms with E-state index in [1.165, 1.54) is 11.1 Å². The van der Waals surface area contributed by atoms with E-state index in [0.717, 1.165) is 24.0 Å². The molecule has 2 heterocycles. The second-order valence-corrected chi connectivity index (χ2v) is 14.8. The van der Waals surface area contributed by atoms with Crippen LogP contribution in [0.5, 0.6) is 0 Å². The highest BCUT2D eigenvalue weighted by Crippen LogP contribution is 2.51. The van der Waals surface area contributed by atoms with E-state index in [1.54, 1.807) is 4.67 Å². The van der Waals surface area contributed by atoms with Crippen LogP contribution in [0.4, 0.5) is 0 Å². The predicted octanol–water partition coefficient (Wildman–Crippen LogP) is 3.44. The van der Waals surface area contributed by atoms with Gasteiger partial charge in [-0.05, 0) is 31.6 Å². The number of hydrogen-bond donors (Lipinski definition) is 0. The maximum absolute atomic E-state index is 14.1. The van der Waals surface area contributed by atoms with Crippen molar-refractivity contribution < 1.29 is 23.3 Å². The lowest BCUT2D eigenvalue weighted by Crippen LogP contribution is -2.57. The molecule has 0 aliphatic carbocycles. The third-order valence-corrected chi connectivity index (χ3v) is 11.1. The first kappa shape index (κ1) is 31.0. The number of carbonyl (C=O) groups excluding carboxylic acids is 1. The van der Waals surface area contributed by atoms with Crippen LogP contribution in [0, 0.1) is 0 Å². The lowest BCUT2D eigenvalue weighted by Gasteiger charge is -2.42. The van der Waals surface area contributed by atoms with Crippen LogP contribution in [-0.2, 0) is 18.8 Å². The van der Waals surface area contributed by atoms with E-state index >= 15 is 0 Å². The monoisotopic (exact) mass is 567 g/mol. The molecule has 40 heavy (non-hydrogen) atoms. The third-order valence-electron chi connectivity index (χ3n) is 8.03. The SMILES string of the molecule is [B]C1C[N+](C)(C)CC(COCP(=O)(N(C)C)N2CCN(C(=O)CCC(c3ccccc3)c3ccccc3)CC2)O1. The Labute approximate surface area is 241 Å². The van der Waals surface area contributed by atoms with Crippen molar-refractivity contribution in [2.24, 2.45) is 0 Å². The van der Waals surface area contributed by atoms with Crippen molar-refractivity contribution in [1.82, 2.24) is 14.2 Å². The molecule has 2 aromatic rings. The van der Waals surface area contributed by atoms with Gasteiger partial charge in [0.2, 0.25) is 13.4 Å². The van der Waals surface area contributed by atoms with Gasteiger partial charge in [-0.15, -0.1) is 0 Å². The molecule has 0 bridgehead atoms. The number of benzene rings is 2. The van der Waals surface area contributed by atoms with Crippen molar-refractivity contribution in [3.63, 3.8) is 0 Å². The van der Waals surface area contributed by atoms with Gasteiger partial charge >= 0.3 is 0 Å². The lowest BCUT2D eigenvalue weighted by atomic mass is 9.87. The number of rotatable bonds is 11. The fourth-order valence-corrected chi connectivity index (χ4v) is 7.92. The Kier molecular flexibility index (Phi) is 10.7. The zero-order chi connectivity index (χ0) is 28.8. The Bertz CT molecular complexity index is 1090. The number of hydrogen-bond acceptors (Lipinski definition) is 4. The van der Waals surface area contributed by atoms with E-state index in [2.05, 4.69) is 62.6 Å². The second-order valence-electron chi connectivity index (χ2n) is 11.9. The highest BCUT2D eigenvalue weighted by molar-refractivity contribution is 7.58. The van der Waals surface area contributed by atoms with Crippen LogP contribution in [-0.4, -0.2) is 125 Å². The molecule has 2 radical (unpaired) electrons. The molecular formula is C30H45BN4O4P+. The standard InChI is InChI=1S/C30H45BN4O4P/c1-32(2)40(37,24-38-23-27-21-35(3,4)22-29(31)39-27)34-19-17-33(18-20-34)30(36)16-15-28(25-11-7-5-8-12-25)26-13-9-6-10-14-26/h5-14,27-29H,15-24H2,1-4H3/q+1. The summed E-state index contributed by atoms with van der Waals surface area (Å²) in [6.45, 7) is 4.15. The van der Waals surface area contributed by atoms with Crippen LogP contribution < -0.4 is 0 Å². The van der Waals surface area contributed by atoms with Gasteiger partial charge in [-0.2, -0.15) is 0 Å². The van der Waals surface area contributed by atoms with Crippen molar-refractivity contribution in [2.75, 3.05) is 80.4 Å². The lowest BCUT2D eigenvalue weighted by molar-refractivity contribution is -0.903. The number of nitrogens with zero attached hydrogens (tertiary/aromatic N) is 4. The number of piperazine rings is 1. The van der Waals surface area contributed by atoms with Crippen LogP contribution in [0.2, 0.25) is 0 Å². The van der Waals surface area contributed by atoms with E-state index in [-0.39, 0.29) is 30.3 Å². The van der Waals surface area contributed by atoms with Crippen LogP contribution in [0.3, 0.4) is 0 Å². The molecule has 0 aromatic heterocycles. The molecule has 3 unspecified atom stereocenters. The molecule has 0 spiro atoms. The van der Waals surface area contributed by atoms with Crippen molar-refractivity contribution in [3.8, 4) is 0 Å². The van der Waals surface area contributed by atoms with Crippen LogP contribution in [0.1, 0.15) is 29.9 Å². The average molecular weight is 568 g/mol. The zero-order valence-corrected chi connectivity index (χ0v) is 25.4. The van der Waals surface area contributed by atoms with Crippen molar-refractivity contribution in [3.05, 3.63) is 71.8 Å². The molecular weight excluding hydrogens is 522 g/mol. The molecule has 10 heteroatoms. The van der Waals surface area contributed by atoms with E-state index in [9.17, 15) is 9.36 Å². The summed E-state index contributed by atoms with van der Waals surface area (Å²) in [4.78, 5) is 15.2. The minimum Gasteiger partial charge on any atom is -0.371 e. The van der Waals surface area contributed by atoms with Crippen molar-refractivity contribution >= 4 is 21.2 Å². The molecule has 2 fully saturated rings. The van der Waals surface area contributed by atoms with Gasteiger partial charge in [0.1, 0.15) is 26.8 Å². The summed E-state index contributed by atoms with van der Waals surface area (Å²) in [5.41, 5.74) is 2.45. The minimum atomic E-state index is -2.94. The van der Waals surface area contributed by atoms with Gasteiger partial charge in [-0.1, -0.05) is 60.7 Å². The molecule has 4 rings (SSSR count). The van der Waals surface area contributed by atoms with Crippen LogP contribution in [0.25, 0.3) is 0 Å². The summed E-state index contributed by atoms with van der Waals surface area (Å²) in [5, 5.41) is 0. The molecule has 8 nitrogen and oxygen atoms in total. The number of likely N-dealkylation sites (N-methyl/N-ethyl adjacent to an activating group) is 1. The third kappa shape index (κ3) is 8.06. The Morgan fingerprint density at radius 2 is 1.60 bits per heavy atom. The maximum Gasteiger partial charge on any atom is 0.241 e. The molecule has 2 aliphatic rings. The van der Waals surface area contributed by atoms with Gasteiger partial charge in [0.05, 0.1) is 33.3 Å². The summed E-state index contributed by atoms with van der Waals surface area (Å²) >= 11 is 0. The fraction of sp³-hybridized carbons (Fsp3) is 0.567. The first-order chi connectivity index (χ1) is 19.1. The highest BCUT2D eigenvalue weighted by atomic mass is 31.2. The first-order valence-electron chi connectivity index (χ1n) is 14.3. The van der Waals surface area contributed by atoms with Crippen LogP contribution >= 0.6 is 7.44 Å². The van der Waals surface area contributed by atoms with Crippen molar-refractivity contribution in [1.29, 1.82) is 0 Å². The van der Waals surface area contributed by atoms with E-state index in [1.807, 2.05) is 35.8 Å². The van der Waals surface area contributed by atoms with Gasteiger partial charge in [-0.25, -0.2) is 9.34 Å². The summed E-state index contributed by atoms with van der Waals surface area (Å²) in [5.74, 6) is 0.324. The number of carbonyl (C=O) groups is 1. The summed E-state index contributed by atoms with van der Waals surface area (Å²) in [6, 6.07) is 20.5. The zero-order valence-electron chi connectivity index (χ0n) is 24.5. The van der Waals surface area contributed by atoms with Gasteiger partial charge in [0, 0.05) is 38.5 Å². The largest absolute Gasteiger partial charge is 0.371 e. The quantitative estimate of drug-likeness (QED) is 0.236. The Morgan fingerprint density at radius 3 is 2.12 bits per heavy atom. The Balaban J connectivity index is 1.29. The normalized spacial score (nSPS) is 23.3. The molecule has 2 aromatic carbocycles. The Hall–Kier alpha value is -2.00. The predicted molar refractivity (Wildman–Crippen MR) is 160 cm³/mol. The molecule has 0 N–H and O–H groups in total. The summed E-state index contributed by atoms with van der Waals surface area (Å²) in [6.07, 6.45) is 1.21. The van der Waals surface area contributed by atoms with Gasteiger partial charge in [0.15, 0.2) is 0 Å². The van der Waals surface area contributed by atoms with E-state index in [4.69, 9.17) is 17.3 Å². The van der Waals surface area contributed by atoms with Crippen molar-refractivity contribution in [2.45, 2.75) is 30.9 Å². The minimum absolute atomic E-state index is 0.117. The second kappa shape index (κ2) is 13.8. The average Bonchev–Trinajstić information content (AvgIpc) is 2.93. The van der Waals surface area contributed by atoms with Gasteiger partial charge in [0.25, 0.3) is 0 Å². The number of quaternary nitrogens is 1. The Morgan fingerprint density at radius 1 is 1.02 bits per heavy atom. The highest BCUT2D eigenvalue weighted by Gasteiger charge is 2.38. The number of morpholine rings is 1.